The van der Waals surface area contributed by atoms with Gasteiger partial charge in [-0.05, 0) is 18.6 Å². The number of halogens is 1. The molecule has 138 valence electrons. The van der Waals surface area contributed by atoms with Gasteiger partial charge in [-0.15, -0.1) is 11.8 Å². The number of hydrogen-bond donors (Lipinski definition) is 1. The summed E-state index contributed by atoms with van der Waals surface area (Å²) in [6, 6.07) is 4.18. The molecule has 1 fully saturated rings. The van der Waals surface area contributed by atoms with E-state index in [0.717, 1.165) is 9.33 Å². The molecule has 9 heteroatoms. The van der Waals surface area contributed by atoms with Crippen molar-refractivity contribution < 1.29 is 23.9 Å². The molecule has 2 aliphatic rings. The second-order valence-corrected chi connectivity index (χ2v) is 7.99. The highest BCUT2D eigenvalue weighted by atomic mass is 127. The summed E-state index contributed by atoms with van der Waals surface area (Å²) in [4.78, 5) is 50.7. The zero-order chi connectivity index (χ0) is 18.7. The summed E-state index contributed by atoms with van der Waals surface area (Å²) < 4.78 is 6.35. The van der Waals surface area contributed by atoms with Crippen LogP contribution in [-0.2, 0) is 14.3 Å². The van der Waals surface area contributed by atoms with Crippen LogP contribution in [0.2, 0.25) is 0 Å². The van der Waals surface area contributed by atoms with Crippen molar-refractivity contribution in [2.45, 2.75) is 23.8 Å². The van der Waals surface area contributed by atoms with Crippen LogP contribution in [0.3, 0.4) is 0 Å². The maximum Gasteiger partial charge on any atom is 0.263 e. The monoisotopic (exact) mass is 488 g/mol. The van der Waals surface area contributed by atoms with E-state index in [1.54, 1.807) is 18.2 Å². The molecular formula is C17H17IN2O5S. The fraction of sp³-hybridized carbons (Fsp3) is 0.412. The molecule has 1 saturated heterocycles. The van der Waals surface area contributed by atoms with E-state index >= 15 is 0 Å². The molecule has 0 bridgehead atoms. The lowest BCUT2D eigenvalue weighted by molar-refractivity contribution is -0.136. The van der Waals surface area contributed by atoms with E-state index in [1.165, 1.54) is 11.8 Å². The van der Waals surface area contributed by atoms with E-state index in [1.807, 2.05) is 0 Å². The zero-order valence-electron chi connectivity index (χ0n) is 13.8. The highest BCUT2D eigenvalue weighted by Gasteiger charge is 2.45. The zero-order valence-corrected chi connectivity index (χ0v) is 16.8. The number of fused-ring (bicyclic) bond motifs is 1. The lowest BCUT2D eigenvalue weighted by Gasteiger charge is -2.27. The molecule has 0 aromatic heterocycles. The van der Waals surface area contributed by atoms with Crippen molar-refractivity contribution in [3.05, 3.63) is 29.3 Å². The summed E-state index contributed by atoms with van der Waals surface area (Å²) in [6.45, 7) is 1.23. The standard InChI is InChI=1S/C17H17IN2O5S/c18-6-7-25-8-9-26-12-3-1-2-10-14(12)17(24)20(16(10)23)11-4-5-13(21)19-15(11)22/h1-3,11H,4-9H2,(H,19,21,22). The molecule has 1 unspecified atom stereocenters. The molecule has 3 rings (SSSR count). The summed E-state index contributed by atoms with van der Waals surface area (Å²) >= 11 is 3.68. The summed E-state index contributed by atoms with van der Waals surface area (Å²) in [6.07, 6.45) is 0.266. The maximum absolute atomic E-state index is 12.9. The first-order valence-electron chi connectivity index (χ1n) is 8.15. The minimum Gasteiger partial charge on any atom is -0.380 e. The Kier molecular flexibility index (Phi) is 6.30. The maximum atomic E-state index is 12.9. The van der Waals surface area contributed by atoms with Crippen LogP contribution in [-0.4, -0.2) is 58.0 Å². The van der Waals surface area contributed by atoms with Crippen LogP contribution in [0, 0.1) is 0 Å². The number of alkyl halides is 1. The number of hydrogen-bond acceptors (Lipinski definition) is 6. The van der Waals surface area contributed by atoms with Gasteiger partial charge in [0.1, 0.15) is 6.04 Å². The van der Waals surface area contributed by atoms with E-state index in [9.17, 15) is 19.2 Å². The van der Waals surface area contributed by atoms with Gasteiger partial charge < -0.3 is 4.74 Å². The minimum atomic E-state index is -0.940. The van der Waals surface area contributed by atoms with Crippen LogP contribution in [0.4, 0.5) is 0 Å². The van der Waals surface area contributed by atoms with Crippen LogP contribution in [0.1, 0.15) is 33.6 Å². The number of benzene rings is 1. The van der Waals surface area contributed by atoms with Crippen LogP contribution in [0.25, 0.3) is 0 Å². The predicted octanol–water partition coefficient (Wildman–Crippen LogP) is 1.63. The van der Waals surface area contributed by atoms with Gasteiger partial charge in [-0.3, -0.25) is 29.4 Å². The molecule has 1 N–H and O–H groups in total. The first-order chi connectivity index (χ1) is 12.5. The third-order valence-corrected chi connectivity index (χ3v) is 5.60. The van der Waals surface area contributed by atoms with Gasteiger partial charge in [-0.25, -0.2) is 0 Å². The predicted molar refractivity (Wildman–Crippen MR) is 104 cm³/mol. The highest BCUT2D eigenvalue weighted by Crippen LogP contribution is 2.34. The summed E-state index contributed by atoms with van der Waals surface area (Å²) in [5.41, 5.74) is 0.638. The molecule has 4 amide bonds. The smallest absolute Gasteiger partial charge is 0.263 e. The third kappa shape index (κ3) is 3.79. The number of imide groups is 2. The topological polar surface area (TPSA) is 92.8 Å². The number of thioether (sulfide) groups is 1. The number of carbonyl (C=O) groups is 4. The largest absolute Gasteiger partial charge is 0.380 e. The summed E-state index contributed by atoms with van der Waals surface area (Å²) in [5, 5.41) is 2.20. The Morgan fingerprint density at radius 1 is 1.19 bits per heavy atom. The number of carbonyl (C=O) groups excluding carboxylic acids is 4. The van der Waals surface area contributed by atoms with E-state index < -0.39 is 23.8 Å². The molecule has 1 atom stereocenters. The lowest BCUT2D eigenvalue weighted by Crippen LogP contribution is -2.54. The second-order valence-electron chi connectivity index (χ2n) is 5.78. The number of piperidine rings is 1. The van der Waals surface area contributed by atoms with Gasteiger partial charge in [-0.1, -0.05) is 28.7 Å². The van der Waals surface area contributed by atoms with E-state index in [4.69, 9.17) is 4.74 Å². The van der Waals surface area contributed by atoms with E-state index in [2.05, 4.69) is 27.9 Å². The summed E-state index contributed by atoms with van der Waals surface area (Å²) in [7, 11) is 0. The normalized spacial score (nSPS) is 19.7. The van der Waals surface area contributed by atoms with E-state index in [0.29, 0.717) is 35.0 Å². The minimum absolute atomic E-state index is 0.111. The Morgan fingerprint density at radius 3 is 2.73 bits per heavy atom. The number of rotatable bonds is 7. The first kappa shape index (κ1) is 19.3. The fourth-order valence-electron chi connectivity index (χ4n) is 2.97. The summed E-state index contributed by atoms with van der Waals surface area (Å²) in [5.74, 6) is -1.28. The van der Waals surface area contributed by atoms with Crippen molar-refractivity contribution in [2.75, 3.05) is 23.4 Å². The third-order valence-electron chi connectivity index (χ3n) is 4.14. The fourth-order valence-corrected chi connectivity index (χ4v) is 4.22. The lowest BCUT2D eigenvalue weighted by atomic mass is 10.0. The van der Waals surface area contributed by atoms with Crippen LogP contribution >= 0.6 is 34.4 Å². The SMILES string of the molecule is O=C1CCC(N2C(=O)c3cccc(SCCOCCI)c3C2=O)C(=O)N1. The van der Waals surface area contributed by atoms with Crippen molar-refractivity contribution in [1.82, 2.24) is 10.2 Å². The van der Waals surface area contributed by atoms with Crippen molar-refractivity contribution >= 4 is 58.0 Å². The Morgan fingerprint density at radius 2 is 2.00 bits per heavy atom. The van der Waals surface area contributed by atoms with E-state index in [-0.39, 0.29) is 18.7 Å². The molecule has 1 aromatic carbocycles. The average Bonchev–Trinajstić information content (AvgIpc) is 2.87. The highest BCUT2D eigenvalue weighted by molar-refractivity contribution is 14.1. The van der Waals surface area contributed by atoms with Gasteiger partial charge in [-0.2, -0.15) is 0 Å². The van der Waals surface area contributed by atoms with Crippen LogP contribution in [0.15, 0.2) is 23.1 Å². The number of ether oxygens (including phenoxy) is 1. The molecular weight excluding hydrogens is 471 g/mol. The Hall–Kier alpha value is -1.46. The molecule has 1 aromatic rings. The number of amides is 4. The molecule has 26 heavy (non-hydrogen) atoms. The van der Waals surface area contributed by atoms with Crippen molar-refractivity contribution in [3.63, 3.8) is 0 Å². The van der Waals surface area contributed by atoms with Crippen molar-refractivity contribution in [1.29, 1.82) is 0 Å². The Labute approximate surface area is 168 Å². The van der Waals surface area contributed by atoms with Gasteiger partial charge in [0.2, 0.25) is 11.8 Å². The number of nitrogens with one attached hydrogen (secondary N) is 1. The molecule has 2 heterocycles. The van der Waals surface area contributed by atoms with Crippen LogP contribution < -0.4 is 5.32 Å². The van der Waals surface area contributed by atoms with Gasteiger partial charge in [0.05, 0.1) is 24.3 Å². The molecule has 0 saturated carbocycles. The van der Waals surface area contributed by atoms with Gasteiger partial charge >= 0.3 is 0 Å². The molecule has 0 radical (unpaired) electrons. The molecule has 2 aliphatic heterocycles. The molecule has 0 spiro atoms. The molecule has 0 aliphatic carbocycles. The van der Waals surface area contributed by atoms with Crippen molar-refractivity contribution in [3.8, 4) is 0 Å². The van der Waals surface area contributed by atoms with Crippen LogP contribution in [0.5, 0.6) is 0 Å². The number of nitrogens with zero attached hydrogens (tertiary/aromatic N) is 1. The van der Waals surface area contributed by atoms with Gasteiger partial charge in [0.15, 0.2) is 0 Å². The quantitative estimate of drug-likeness (QED) is 0.206. The molecule has 7 nitrogen and oxygen atoms in total. The average molecular weight is 488 g/mol. The second kappa shape index (κ2) is 8.49. The Bertz CT molecular complexity index is 770. The Balaban J connectivity index is 1.78. The first-order valence-corrected chi connectivity index (χ1v) is 10.7. The van der Waals surface area contributed by atoms with Gasteiger partial charge in [0.25, 0.3) is 11.8 Å². The van der Waals surface area contributed by atoms with Gasteiger partial charge in [0, 0.05) is 21.5 Å². The van der Waals surface area contributed by atoms with Crippen molar-refractivity contribution in [2.24, 2.45) is 0 Å².